The van der Waals surface area contributed by atoms with Gasteiger partial charge >= 0.3 is 0 Å². The number of nitrogens with zero attached hydrogens (tertiary/aromatic N) is 4. The van der Waals surface area contributed by atoms with Crippen molar-refractivity contribution in [3.63, 3.8) is 0 Å². The molecule has 0 atom stereocenters. The first-order valence-electron chi connectivity index (χ1n) is 9.49. The molecule has 3 aromatic heterocycles. The van der Waals surface area contributed by atoms with Crippen LogP contribution in [0.2, 0.25) is 5.02 Å². The summed E-state index contributed by atoms with van der Waals surface area (Å²) in [5, 5.41) is 0.692. The first-order valence-corrected chi connectivity index (χ1v) is 10.7. The van der Waals surface area contributed by atoms with Crippen LogP contribution in [-0.2, 0) is 6.54 Å². The van der Waals surface area contributed by atoms with Crippen LogP contribution < -0.4 is 11.3 Å². The van der Waals surface area contributed by atoms with E-state index < -0.39 is 0 Å². The van der Waals surface area contributed by atoms with E-state index in [-0.39, 0.29) is 11.5 Å². The summed E-state index contributed by atoms with van der Waals surface area (Å²) in [4.78, 5) is 25.6. The monoisotopic (exact) mass is 445 g/mol. The Hall–Kier alpha value is -3.55. The summed E-state index contributed by atoms with van der Waals surface area (Å²) in [6, 6.07) is 19.5. The number of nitrogens with two attached hydrogens (primary N) is 1. The third-order valence-corrected chi connectivity index (χ3v) is 6.35. The second-order valence-electron chi connectivity index (χ2n) is 7.01. The average Bonchev–Trinajstić information content (AvgIpc) is 3.24. The number of nitrogen functional groups attached to an aromatic ring is 1. The lowest BCUT2D eigenvalue weighted by atomic mass is 10.1. The number of fused-ring (bicyclic) bond motifs is 1. The molecule has 6 nitrogen and oxygen atoms in total. The van der Waals surface area contributed by atoms with Gasteiger partial charge in [0.1, 0.15) is 4.70 Å². The SMILES string of the molecule is Nc1nccc(-c2ccc(-c3cc4c(s3)c(=O)ncn4Cc3ccc(Cl)cc3)cc2)n1. The highest BCUT2D eigenvalue weighted by atomic mass is 35.5. The van der Waals surface area contributed by atoms with E-state index in [0.717, 1.165) is 32.8 Å². The molecule has 2 aromatic carbocycles. The molecule has 0 aliphatic carbocycles. The maximum Gasteiger partial charge on any atom is 0.290 e. The summed E-state index contributed by atoms with van der Waals surface area (Å²) in [5.74, 6) is 0.242. The van der Waals surface area contributed by atoms with Crippen molar-refractivity contribution in [3.05, 3.63) is 94.1 Å². The molecule has 2 N–H and O–H groups in total. The van der Waals surface area contributed by atoms with Crippen molar-refractivity contribution in [2.45, 2.75) is 6.54 Å². The minimum atomic E-state index is -0.216. The zero-order valence-electron chi connectivity index (χ0n) is 16.2. The number of rotatable bonds is 4. The molecule has 0 saturated heterocycles. The molecule has 0 fully saturated rings. The van der Waals surface area contributed by atoms with Crippen LogP contribution in [0, 0.1) is 0 Å². The van der Waals surface area contributed by atoms with E-state index in [1.54, 1.807) is 12.5 Å². The van der Waals surface area contributed by atoms with E-state index in [4.69, 9.17) is 17.3 Å². The normalized spacial score (nSPS) is 11.1. The van der Waals surface area contributed by atoms with Crippen LogP contribution in [0.1, 0.15) is 5.56 Å². The number of anilines is 1. The van der Waals surface area contributed by atoms with Gasteiger partial charge in [0.15, 0.2) is 0 Å². The van der Waals surface area contributed by atoms with Gasteiger partial charge in [-0.1, -0.05) is 48.0 Å². The summed E-state index contributed by atoms with van der Waals surface area (Å²) in [7, 11) is 0. The standard InChI is InChI=1S/C23H16ClN5OS/c24-17-7-1-14(2-8-17)12-29-13-27-22(30)21-19(29)11-20(31-21)16-5-3-15(4-6-16)18-9-10-26-23(25)28-18/h1-11,13H,12H2,(H2,25,26,28). The third-order valence-electron chi connectivity index (χ3n) is 4.94. The van der Waals surface area contributed by atoms with Gasteiger partial charge in [0.05, 0.1) is 17.5 Å². The molecule has 8 heteroatoms. The van der Waals surface area contributed by atoms with E-state index in [1.807, 2.05) is 65.2 Å². The zero-order valence-corrected chi connectivity index (χ0v) is 17.8. The van der Waals surface area contributed by atoms with Crippen molar-refractivity contribution in [1.29, 1.82) is 0 Å². The average molecular weight is 446 g/mol. The van der Waals surface area contributed by atoms with Crippen molar-refractivity contribution < 1.29 is 0 Å². The predicted octanol–water partition coefficient (Wildman–Crippen LogP) is 4.87. The lowest BCUT2D eigenvalue weighted by molar-refractivity contribution is 0.800. The second-order valence-corrected chi connectivity index (χ2v) is 8.50. The second kappa shape index (κ2) is 7.94. The minimum Gasteiger partial charge on any atom is -0.368 e. The zero-order chi connectivity index (χ0) is 21.4. The first kappa shape index (κ1) is 19.4. The van der Waals surface area contributed by atoms with Crippen LogP contribution in [0.3, 0.4) is 0 Å². The minimum absolute atomic E-state index is 0.216. The van der Waals surface area contributed by atoms with Gasteiger partial charge in [0.25, 0.3) is 5.56 Å². The molecule has 3 heterocycles. The van der Waals surface area contributed by atoms with Gasteiger partial charge in [-0.15, -0.1) is 11.3 Å². The third kappa shape index (κ3) is 3.93. The Kier molecular flexibility index (Phi) is 4.97. The van der Waals surface area contributed by atoms with Gasteiger partial charge in [-0.05, 0) is 35.4 Å². The molecule has 5 rings (SSSR count). The van der Waals surface area contributed by atoms with Crippen LogP contribution in [-0.4, -0.2) is 19.5 Å². The molecule has 0 aliphatic rings. The number of thiophene rings is 1. The van der Waals surface area contributed by atoms with Crippen molar-refractivity contribution in [2.24, 2.45) is 0 Å². The Morgan fingerprint density at radius 3 is 2.45 bits per heavy atom. The summed E-state index contributed by atoms with van der Waals surface area (Å²) < 4.78 is 2.62. The highest BCUT2D eigenvalue weighted by molar-refractivity contribution is 7.22. The van der Waals surface area contributed by atoms with Crippen LogP contribution in [0.25, 0.3) is 31.9 Å². The Bertz CT molecular complexity index is 1440. The molecule has 0 spiro atoms. The molecular formula is C23H16ClN5OS. The molecule has 5 aromatic rings. The largest absolute Gasteiger partial charge is 0.368 e. The maximum absolute atomic E-state index is 12.4. The molecule has 0 bridgehead atoms. The van der Waals surface area contributed by atoms with E-state index in [2.05, 4.69) is 15.0 Å². The number of hydrogen-bond acceptors (Lipinski definition) is 6. The van der Waals surface area contributed by atoms with Crippen LogP contribution in [0.15, 0.2) is 78.0 Å². The van der Waals surface area contributed by atoms with E-state index >= 15 is 0 Å². The van der Waals surface area contributed by atoms with Gasteiger partial charge in [0, 0.05) is 28.2 Å². The van der Waals surface area contributed by atoms with Gasteiger partial charge in [-0.25, -0.2) is 9.97 Å². The van der Waals surface area contributed by atoms with Crippen molar-refractivity contribution in [1.82, 2.24) is 19.5 Å². The molecule has 0 aliphatic heterocycles. The van der Waals surface area contributed by atoms with Crippen molar-refractivity contribution in [2.75, 3.05) is 5.73 Å². The Labute approximate surface area is 186 Å². The fraction of sp³-hybridized carbons (Fsp3) is 0.0435. The lowest BCUT2D eigenvalue weighted by Gasteiger charge is -2.07. The quantitative estimate of drug-likeness (QED) is 0.426. The van der Waals surface area contributed by atoms with Crippen LogP contribution in [0.5, 0.6) is 0 Å². The Balaban J connectivity index is 1.51. The predicted molar refractivity (Wildman–Crippen MR) is 125 cm³/mol. The first-order chi connectivity index (χ1) is 15.1. The Morgan fingerprint density at radius 1 is 0.968 bits per heavy atom. The molecule has 152 valence electrons. The Morgan fingerprint density at radius 2 is 1.71 bits per heavy atom. The van der Waals surface area contributed by atoms with E-state index in [0.29, 0.717) is 16.3 Å². The van der Waals surface area contributed by atoms with Crippen molar-refractivity contribution >= 4 is 39.1 Å². The topological polar surface area (TPSA) is 86.7 Å². The maximum atomic E-state index is 12.4. The number of halogens is 1. The molecule has 31 heavy (non-hydrogen) atoms. The van der Waals surface area contributed by atoms with E-state index in [1.165, 1.54) is 11.3 Å². The van der Waals surface area contributed by atoms with Crippen LogP contribution in [0.4, 0.5) is 5.95 Å². The number of aromatic nitrogens is 4. The van der Waals surface area contributed by atoms with Gasteiger partial charge < -0.3 is 10.3 Å². The van der Waals surface area contributed by atoms with Gasteiger partial charge in [-0.3, -0.25) is 4.79 Å². The summed E-state index contributed by atoms with van der Waals surface area (Å²) in [6.07, 6.45) is 3.23. The van der Waals surface area contributed by atoms with Gasteiger partial charge in [0.2, 0.25) is 5.95 Å². The van der Waals surface area contributed by atoms with Crippen LogP contribution >= 0.6 is 22.9 Å². The summed E-state index contributed by atoms with van der Waals surface area (Å²) in [5.41, 5.74) is 10.1. The van der Waals surface area contributed by atoms with Gasteiger partial charge in [-0.2, -0.15) is 4.98 Å². The summed E-state index contributed by atoms with van der Waals surface area (Å²) >= 11 is 7.43. The molecule has 0 radical (unpaired) electrons. The summed E-state index contributed by atoms with van der Waals surface area (Å²) in [6.45, 7) is 0.602. The number of hydrogen-bond donors (Lipinski definition) is 1. The van der Waals surface area contributed by atoms with Crippen molar-refractivity contribution in [3.8, 4) is 21.7 Å². The highest BCUT2D eigenvalue weighted by Gasteiger charge is 2.12. The highest BCUT2D eigenvalue weighted by Crippen LogP contribution is 2.33. The smallest absolute Gasteiger partial charge is 0.290 e. The molecule has 0 unspecified atom stereocenters. The number of benzene rings is 2. The lowest BCUT2D eigenvalue weighted by Crippen LogP contribution is -2.11. The molecule has 0 saturated carbocycles. The van der Waals surface area contributed by atoms with E-state index in [9.17, 15) is 4.79 Å². The fourth-order valence-corrected chi connectivity index (χ4v) is 4.58. The fourth-order valence-electron chi connectivity index (χ4n) is 3.39. The molecular weight excluding hydrogens is 430 g/mol. The molecule has 0 amide bonds.